The molecule has 11 heteroatoms. The number of ketones is 1. The van der Waals surface area contributed by atoms with Crippen LogP contribution in [0.1, 0.15) is 28.9 Å². The number of nitrogens with zero attached hydrogens (tertiary/aromatic N) is 2. The molecule has 1 aliphatic heterocycles. The van der Waals surface area contributed by atoms with Gasteiger partial charge in [0.2, 0.25) is 0 Å². The SMILES string of the molecule is O=C(O)CCC(C(=O)O)C1C(=O)/C(=C/c2cn(-c3ccccc3)nc2C(=O)O)SC1=S. The maximum absolute atomic E-state index is 12.9. The summed E-state index contributed by atoms with van der Waals surface area (Å²) in [5.41, 5.74) is 0.501. The maximum Gasteiger partial charge on any atom is 0.357 e. The van der Waals surface area contributed by atoms with E-state index in [1.165, 1.54) is 17.0 Å². The van der Waals surface area contributed by atoms with E-state index in [9.17, 15) is 29.4 Å². The third-order valence-electron chi connectivity index (χ3n) is 4.63. The van der Waals surface area contributed by atoms with Gasteiger partial charge in [-0.2, -0.15) is 5.10 Å². The Kier molecular flexibility index (Phi) is 6.66. The van der Waals surface area contributed by atoms with Gasteiger partial charge in [0.1, 0.15) is 0 Å². The number of Topliss-reactive ketones (excluding diaryl/α,β-unsaturated/α-hetero) is 1. The van der Waals surface area contributed by atoms with Crippen molar-refractivity contribution in [3.05, 3.63) is 52.7 Å². The van der Waals surface area contributed by atoms with Crippen molar-refractivity contribution in [3.8, 4) is 5.69 Å². The third kappa shape index (κ3) is 4.89. The summed E-state index contributed by atoms with van der Waals surface area (Å²) in [5.74, 6) is -6.80. The van der Waals surface area contributed by atoms with Crippen molar-refractivity contribution in [1.29, 1.82) is 0 Å². The Labute approximate surface area is 185 Å². The van der Waals surface area contributed by atoms with Gasteiger partial charge in [0.25, 0.3) is 0 Å². The fourth-order valence-electron chi connectivity index (χ4n) is 3.16. The number of benzene rings is 1. The van der Waals surface area contributed by atoms with Crippen LogP contribution >= 0.6 is 24.0 Å². The molecule has 160 valence electrons. The molecular weight excluding hydrogens is 444 g/mol. The molecule has 3 N–H and O–H groups in total. The Hall–Kier alpha value is -3.31. The van der Waals surface area contributed by atoms with Gasteiger partial charge in [-0.15, -0.1) is 0 Å². The second-order valence-electron chi connectivity index (χ2n) is 6.67. The number of aromatic nitrogens is 2. The smallest absolute Gasteiger partial charge is 0.357 e. The van der Waals surface area contributed by atoms with Crippen LogP contribution in [-0.2, 0) is 14.4 Å². The minimum Gasteiger partial charge on any atom is -0.481 e. The van der Waals surface area contributed by atoms with E-state index in [0.29, 0.717) is 5.69 Å². The highest BCUT2D eigenvalue weighted by Crippen LogP contribution is 2.41. The van der Waals surface area contributed by atoms with Crippen molar-refractivity contribution in [2.45, 2.75) is 12.8 Å². The number of carboxylic acids is 3. The molecule has 31 heavy (non-hydrogen) atoms. The zero-order valence-electron chi connectivity index (χ0n) is 15.8. The number of allylic oxidation sites excluding steroid dienone is 1. The lowest BCUT2D eigenvalue weighted by Crippen LogP contribution is -2.31. The van der Waals surface area contributed by atoms with Crippen LogP contribution in [0.15, 0.2) is 41.4 Å². The molecule has 1 aliphatic rings. The van der Waals surface area contributed by atoms with E-state index in [-0.39, 0.29) is 26.8 Å². The van der Waals surface area contributed by atoms with E-state index in [4.69, 9.17) is 17.3 Å². The van der Waals surface area contributed by atoms with Gasteiger partial charge in [0.15, 0.2) is 11.5 Å². The van der Waals surface area contributed by atoms with Gasteiger partial charge < -0.3 is 15.3 Å². The fourth-order valence-corrected chi connectivity index (χ4v) is 4.72. The number of aromatic carboxylic acids is 1. The van der Waals surface area contributed by atoms with Crippen LogP contribution < -0.4 is 0 Å². The first-order chi connectivity index (χ1) is 14.7. The molecule has 0 radical (unpaired) electrons. The van der Waals surface area contributed by atoms with Crippen molar-refractivity contribution in [2.24, 2.45) is 11.8 Å². The molecule has 0 bridgehead atoms. The van der Waals surface area contributed by atoms with E-state index in [2.05, 4.69) is 5.10 Å². The van der Waals surface area contributed by atoms with Crippen LogP contribution in [-0.4, -0.2) is 53.0 Å². The van der Waals surface area contributed by atoms with Crippen LogP contribution in [0.25, 0.3) is 11.8 Å². The Morgan fingerprint density at radius 1 is 1.19 bits per heavy atom. The summed E-state index contributed by atoms with van der Waals surface area (Å²) in [4.78, 5) is 47.1. The van der Waals surface area contributed by atoms with Crippen LogP contribution in [0.5, 0.6) is 0 Å². The molecular formula is C20H16N2O7S2. The van der Waals surface area contributed by atoms with Crippen molar-refractivity contribution in [1.82, 2.24) is 9.78 Å². The number of para-hydroxylation sites is 1. The van der Waals surface area contributed by atoms with E-state index in [1.807, 2.05) is 0 Å². The first kappa shape index (κ1) is 22.4. The summed E-state index contributed by atoms with van der Waals surface area (Å²) >= 11 is 6.09. The number of rotatable bonds is 8. The number of carboxylic acid groups (broad SMARTS) is 3. The van der Waals surface area contributed by atoms with Crippen molar-refractivity contribution in [2.75, 3.05) is 0 Å². The number of hydrogen-bond donors (Lipinski definition) is 3. The van der Waals surface area contributed by atoms with Crippen LogP contribution in [0.4, 0.5) is 0 Å². The Bertz CT molecular complexity index is 1110. The van der Waals surface area contributed by atoms with Crippen molar-refractivity contribution < 1.29 is 34.5 Å². The van der Waals surface area contributed by atoms with Gasteiger partial charge in [0, 0.05) is 18.2 Å². The quantitative estimate of drug-likeness (QED) is 0.397. The van der Waals surface area contributed by atoms with Gasteiger partial charge in [-0.3, -0.25) is 14.4 Å². The standard InChI is InChI=1S/C20H16N2O7S2/c23-14(24)7-6-12(18(26)27)15-17(25)13(31-20(15)30)8-10-9-22(21-16(10)19(28)29)11-4-2-1-3-5-11/h1-5,8-9,12,15H,6-7H2,(H,23,24)(H,26,27)(H,28,29)/b13-8-. The second kappa shape index (κ2) is 9.23. The maximum atomic E-state index is 12.9. The molecule has 1 saturated heterocycles. The number of thiocarbonyl (C=S) groups is 1. The summed E-state index contributed by atoms with van der Waals surface area (Å²) < 4.78 is 1.48. The monoisotopic (exact) mass is 460 g/mol. The van der Waals surface area contributed by atoms with Crippen LogP contribution in [0.2, 0.25) is 0 Å². The van der Waals surface area contributed by atoms with Gasteiger partial charge in [-0.1, -0.05) is 42.2 Å². The van der Waals surface area contributed by atoms with Crippen molar-refractivity contribution in [3.63, 3.8) is 0 Å². The molecule has 1 aromatic carbocycles. The lowest BCUT2D eigenvalue weighted by molar-refractivity contribution is -0.145. The fraction of sp³-hybridized carbons (Fsp3) is 0.200. The molecule has 2 atom stereocenters. The highest BCUT2D eigenvalue weighted by Gasteiger charge is 2.44. The minimum absolute atomic E-state index is 0.0895. The summed E-state index contributed by atoms with van der Waals surface area (Å²) in [6.45, 7) is 0. The van der Waals surface area contributed by atoms with E-state index in [1.54, 1.807) is 30.3 Å². The first-order valence-corrected chi connectivity index (χ1v) is 10.2. The van der Waals surface area contributed by atoms with E-state index < -0.39 is 41.9 Å². The second-order valence-corrected chi connectivity index (χ2v) is 8.45. The number of aliphatic carboxylic acids is 2. The van der Waals surface area contributed by atoms with E-state index in [0.717, 1.165) is 11.8 Å². The topological polar surface area (TPSA) is 147 Å². The number of carbonyl (C=O) groups is 4. The number of thioether (sulfide) groups is 1. The van der Waals surface area contributed by atoms with E-state index >= 15 is 0 Å². The van der Waals surface area contributed by atoms with Crippen LogP contribution in [0.3, 0.4) is 0 Å². The molecule has 2 aromatic rings. The summed E-state index contributed by atoms with van der Waals surface area (Å²) in [7, 11) is 0. The average Bonchev–Trinajstić information content (AvgIpc) is 3.25. The Balaban J connectivity index is 1.95. The van der Waals surface area contributed by atoms with Gasteiger partial charge in [0.05, 0.1) is 26.6 Å². The minimum atomic E-state index is -1.31. The summed E-state index contributed by atoms with van der Waals surface area (Å²) in [6, 6.07) is 8.79. The molecule has 9 nitrogen and oxygen atoms in total. The molecule has 2 unspecified atom stereocenters. The highest BCUT2D eigenvalue weighted by atomic mass is 32.2. The molecule has 0 aliphatic carbocycles. The summed E-state index contributed by atoms with van der Waals surface area (Å²) in [6.07, 6.45) is 2.11. The summed E-state index contributed by atoms with van der Waals surface area (Å²) in [5, 5.41) is 31.9. The highest BCUT2D eigenvalue weighted by molar-refractivity contribution is 8.27. The van der Waals surface area contributed by atoms with Crippen LogP contribution in [0, 0.1) is 11.8 Å². The lowest BCUT2D eigenvalue weighted by atomic mass is 9.86. The molecule has 0 amide bonds. The molecule has 0 spiro atoms. The van der Waals surface area contributed by atoms with Gasteiger partial charge in [-0.05, 0) is 24.6 Å². The first-order valence-electron chi connectivity index (χ1n) is 8.99. The number of hydrogen-bond acceptors (Lipinski definition) is 7. The molecule has 1 fully saturated rings. The average molecular weight is 460 g/mol. The van der Waals surface area contributed by atoms with Gasteiger partial charge in [-0.25, -0.2) is 9.48 Å². The lowest BCUT2D eigenvalue weighted by Gasteiger charge is -2.16. The zero-order valence-corrected chi connectivity index (χ0v) is 17.4. The third-order valence-corrected chi connectivity index (χ3v) is 6.13. The predicted molar refractivity (Wildman–Crippen MR) is 115 cm³/mol. The molecule has 0 saturated carbocycles. The normalized spacial score (nSPS) is 18.3. The molecule has 1 aromatic heterocycles. The number of carbonyl (C=O) groups excluding carboxylic acids is 1. The Morgan fingerprint density at radius 3 is 2.45 bits per heavy atom. The zero-order chi connectivity index (χ0) is 22.7. The van der Waals surface area contributed by atoms with Crippen molar-refractivity contribution >= 4 is 57.9 Å². The van der Waals surface area contributed by atoms with Gasteiger partial charge >= 0.3 is 17.9 Å². The predicted octanol–water partition coefficient (Wildman–Crippen LogP) is 2.74. The largest absolute Gasteiger partial charge is 0.481 e. The molecule has 3 rings (SSSR count). The Morgan fingerprint density at radius 2 is 1.87 bits per heavy atom. The molecule has 2 heterocycles.